The first kappa shape index (κ1) is 12.3. The summed E-state index contributed by atoms with van der Waals surface area (Å²) in [6.45, 7) is 4.26. The molecule has 0 bridgehead atoms. The van der Waals surface area contributed by atoms with Gasteiger partial charge in [0.2, 0.25) is 0 Å². The number of aromatic nitrogens is 1. The Morgan fingerprint density at radius 1 is 1.00 bits per heavy atom. The fourth-order valence-corrected chi connectivity index (χ4v) is 3.46. The van der Waals surface area contributed by atoms with Crippen molar-refractivity contribution in [3.63, 3.8) is 0 Å². The summed E-state index contributed by atoms with van der Waals surface area (Å²) in [6, 6.07) is 16.5. The minimum Gasteiger partial charge on any atom is -0.508 e. The van der Waals surface area contributed by atoms with E-state index in [0.29, 0.717) is 5.75 Å². The van der Waals surface area contributed by atoms with Gasteiger partial charge in [-0.2, -0.15) is 0 Å². The number of rotatable bonds is 2. The number of phenols is 1. The normalized spacial score (nSPS) is 11.7. The number of hydrogen-bond donors (Lipinski definition) is 1. The maximum absolute atomic E-state index is 9.67. The molecule has 0 spiro atoms. The molecule has 0 saturated carbocycles. The van der Waals surface area contributed by atoms with Gasteiger partial charge in [0.25, 0.3) is 0 Å². The van der Waals surface area contributed by atoms with Gasteiger partial charge in [0.05, 0.1) is 11.0 Å². The molecule has 21 heavy (non-hydrogen) atoms. The molecule has 0 amide bonds. The molecule has 2 heteroatoms. The number of hydrogen-bond acceptors (Lipinski definition) is 1. The van der Waals surface area contributed by atoms with Crippen molar-refractivity contribution in [3.8, 4) is 16.9 Å². The van der Waals surface area contributed by atoms with Crippen molar-refractivity contribution in [3.05, 3.63) is 59.7 Å². The number of benzene rings is 1. The third-order valence-electron chi connectivity index (χ3n) is 4.37. The van der Waals surface area contributed by atoms with E-state index in [4.69, 9.17) is 0 Å². The monoisotopic (exact) mass is 275 g/mol. The number of phenolic OH excluding ortho intramolecular Hbond substituents is 1. The molecule has 0 fully saturated rings. The van der Waals surface area contributed by atoms with Crippen molar-refractivity contribution in [1.29, 1.82) is 0 Å². The molecule has 0 unspecified atom stereocenters. The summed E-state index contributed by atoms with van der Waals surface area (Å²) < 4.78 is 2.33. The Morgan fingerprint density at radius 3 is 2.62 bits per heavy atom. The van der Waals surface area contributed by atoms with Crippen molar-refractivity contribution in [2.45, 2.75) is 20.3 Å². The fourth-order valence-electron chi connectivity index (χ4n) is 3.46. The molecule has 0 aliphatic heterocycles. The van der Waals surface area contributed by atoms with Crippen LogP contribution in [0.25, 0.3) is 27.7 Å². The minimum absolute atomic E-state index is 0.325. The second-order valence-corrected chi connectivity index (χ2v) is 5.60. The fraction of sp³-hybridized carbons (Fsp3) is 0.158. The molecular formula is C19H17NO. The zero-order chi connectivity index (χ0) is 14.6. The summed E-state index contributed by atoms with van der Waals surface area (Å²) in [5.41, 5.74) is 8.78. The first-order chi connectivity index (χ1) is 10.2. The van der Waals surface area contributed by atoms with Crippen molar-refractivity contribution >= 4 is 16.6 Å². The highest BCUT2D eigenvalue weighted by atomic mass is 16.3. The summed E-state index contributed by atoms with van der Waals surface area (Å²) in [5, 5.41) is 9.67. The Kier molecular flexibility index (Phi) is 2.49. The van der Waals surface area contributed by atoms with Gasteiger partial charge in [-0.15, -0.1) is 0 Å². The van der Waals surface area contributed by atoms with Crippen LogP contribution in [0, 0.1) is 6.92 Å². The third-order valence-corrected chi connectivity index (χ3v) is 4.37. The van der Waals surface area contributed by atoms with E-state index in [1.54, 1.807) is 6.07 Å². The second kappa shape index (κ2) is 4.26. The lowest BCUT2D eigenvalue weighted by Crippen LogP contribution is -1.87. The molecule has 1 aromatic carbocycles. The standard InChI is InChI=1S/C19H17NO/c1-3-15-17-6-4-5-13-7-10-18(20(13)17)19(15)16-9-8-14(21)11-12(16)2/h4-11,21H,3H2,1-2H3. The molecule has 0 atom stereocenters. The van der Waals surface area contributed by atoms with Crippen LogP contribution in [-0.4, -0.2) is 9.51 Å². The number of nitrogens with zero attached hydrogens (tertiary/aromatic N) is 1. The van der Waals surface area contributed by atoms with Gasteiger partial charge in [0.1, 0.15) is 5.75 Å². The van der Waals surface area contributed by atoms with Crippen LogP contribution >= 0.6 is 0 Å². The van der Waals surface area contributed by atoms with E-state index >= 15 is 0 Å². The lowest BCUT2D eigenvalue weighted by Gasteiger charge is -2.08. The van der Waals surface area contributed by atoms with Crippen molar-refractivity contribution in [2.75, 3.05) is 0 Å². The number of pyridine rings is 1. The molecule has 3 aromatic heterocycles. The first-order valence-corrected chi connectivity index (χ1v) is 7.35. The molecule has 2 nitrogen and oxygen atoms in total. The molecule has 0 saturated heterocycles. The van der Waals surface area contributed by atoms with Crippen LogP contribution in [0.2, 0.25) is 0 Å². The molecule has 4 aromatic rings. The Bertz CT molecular complexity index is 949. The van der Waals surface area contributed by atoms with Gasteiger partial charge in [0.15, 0.2) is 0 Å². The summed E-state index contributed by atoms with van der Waals surface area (Å²) in [7, 11) is 0. The second-order valence-electron chi connectivity index (χ2n) is 5.60. The smallest absolute Gasteiger partial charge is 0.115 e. The highest BCUT2D eigenvalue weighted by molar-refractivity contribution is 5.95. The topological polar surface area (TPSA) is 24.6 Å². The average Bonchev–Trinajstić information content (AvgIpc) is 3.03. The Balaban J connectivity index is 2.16. The molecular weight excluding hydrogens is 258 g/mol. The van der Waals surface area contributed by atoms with Crippen LogP contribution in [-0.2, 0) is 6.42 Å². The Hall–Kier alpha value is -2.48. The van der Waals surface area contributed by atoms with Gasteiger partial charge in [-0.25, -0.2) is 0 Å². The van der Waals surface area contributed by atoms with Crippen molar-refractivity contribution in [2.24, 2.45) is 0 Å². The first-order valence-electron chi connectivity index (χ1n) is 7.35. The maximum Gasteiger partial charge on any atom is 0.115 e. The lowest BCUT2D eigenvalue weighted by atomic mass is 9.96. The largest absolute Gasteiger partial charge is 0.508 e. The van der Waals surface area contributed by atoms with Gasteiger partial charge in [-0.05, 0) is 66.4 Å². The molecule has 1 N–H and O–H groups in total. The van der Waals surface area contributed by atoms with Gasteiger partial charge in [-0.3, -0.25) is 0 Å². The van der Waals surface area contributed by atoms with Crippen LogP contribution in [0.15, 0.2) is 48.5 Å². The van der Waals surface area contributed by atoms with E-state index in [-0.39, 0.29) is 0 Å². The zero-order valence-corrected chi connectivity index (χ0v) is 12.2. The zero-order valence-electron chi connectivity index (χ0n) is 12.2. The van der Waals surface area contributed by atoms with Crippen LogP contribution in [0.4, 0.5) is 0 Å². The van der Waals surface area contributed by atoms with Crippen molar-refractivity contribution in [1.82, 2.24) is 4.40 Å². The number of aromatic hydroxyl groups is 1. The van der Waals surface area contributed by atoms with Gasteiger partial charge < -0.3 is 9.51 Å². The molecule has 104 valence electrons. The van der Waals surface area contributed by atoms with Gasteiger partial charge in [-0.1, -0.05) is 19.1 Å². The van der Waals surface area contributed by atoms with Crippen LogP contribution in [0.1, 0.15) is 18.1 Å². The quantitative estimate of drug-likeness (QED) is 0.559. The van der Waals surface area contributed by atoms with E-state index in [1.165, 1.54) is 33.2 Å². The predicted molar refractivity (Wildman–Crippen MR) is 87.3 cm³/mol. The van der Waals surface area contributed by atoms with E-state index in [9.17, 15) is 5.11 Å². The molecule has 4 rings (SSSR count). The molecule has 0 aliphatic rings. The summed E-state index contributed by atoms with van der Waals surface area (Å²) in [5.74, 6) is 0.325. The highest BCUT2D eigenvalue weighted by Gasteiger charge is 2.18. The summed E-state index contributed by atoms with van der Waals surface area (Å²) in [4.78, 5) is 0. The predicted octanol–water partition coefficient (Wildman–Crippen LogP) is 4.77. The van der Waals surface area contributed by atoms with E-state index in [0.717, 1.165) is 12.0 Å². The van der Waals surface area contributed by atoms with Crippen LogP contribution in [0.3, 0.4) is 0 Å². The summed E-state index contributed by atoms with van der Waals surface area (Å²) in [6.07, 6.45) is 0.996. The molecule has 0 aliphatic carbocycles. The lowest BCUT2D eigenvalue weighted by molar-refractivity contribution is 0.475. The Labute approximate surface area is 123 Å². The summed E-state index contributed by atoms with van der Waals surface area (Å²) >= 11 is 0. The molecule has 3 heterocycles. The third kappa shape index (κ3) is 1.59. The SMILES string of the molecule is CCc1c(-c2ccc(O)cc2C)c2ccc3cccc1n32. The van der Waals surface area contributed by atoms with E-state index < -0.39 is 0 Å². The van der Waals surface area contributed by atoms with Crippen LogP contribution < -0.4 is 0 Å². The average molecular weight is 275 g/mol. The van der Waals surface area contributed by atoms with E-state index in [2.05, 4.69) is 48.6 Å². The van der Waals surface area contributed by atoms with E-state index in [1.807, 2.05) is 12.1 Å². The van der Waals surface area contributed by atoms with Crippen LogP contribution in [0.5, 0.6) is 5.75 Å². The number of aryl methyl sites for hydroxylation is 2. The van der Waals surface area contributed by atoms with Crippen molar-refractivity contribution < 1.29 is 5.11 Å². The van der Waals surface area contributed by atoms with Gasteiger partial charge in [0, 0.05) is 11.1 Å². The van der Waals surface area contributed by atoms with Gasteiger partial charge >= 0.3 is 0 Å². The molecule has 0 radical (unpaired) electrons. The maximum atomic E-state index is 9.67. The minimum atomic E-state index is 0.325. The Morgan fingerprint density at radius 2 is 1.86 bits per heavy atom. The highest BCUT2D eigenvalue weighted by Crippen LogP contribution is 2.39.